The molecule has 0 rings (SSSR count). The van der Waals surface area contributed by atoms with Crippen molar-refractivity contribution >= 4 is 33.8 Å². The Morgan fingerprint density at radius 1 is 1.35 bits per heavy atom. The second kappa shape index (κ2) is 8.73. The summed E-state index contributed by atoms with van der Waals surface area (Å²) in [5, 5.41) is 2.35. The van der Waals surface area contributed by atoms with Crippen molar-refractivity contribution < 1.29 is 23.9 Å². The van der Waals surface area contributed by atoms with Crippen LogP contribution in [0.4, 0.5) is 4.79 Å². The molecule has 0 aliphatic rings. The van der Waals surface area contributed by atoms with E-state index in [9.17, 15) is 14.4 Å². The third-order valence-corrected chi connectivity index (χ3v) is 2.49. The minimum atomic E-state index is -0.985. The van der Waals surface area contributed by atoms with Crippen LogP contribution >= 0.6 is 15.9 Å². The van der Waals surface area contributed by atoms with Crippen LogP contribution < -0.4 is 5.32 Å². The fourth-order valence-electron chi connectivity index (χ4n) is 1.21. The Labute approximate surface area is 127 Å². The molecule has 0 saturated carbocycles. The molecule has 0 fully saturated rings. The van der Waals surface area contributed by atoms with Crippen molar-refractivity contribution in [3.8, 4) is 0 Å². The number of nitrogens with one attached hydrogen (secondary N) is 1. The van der Waals surface area contributed by atoms with Crippen LogP contribution in [0.1, 0.15) is 27.2 Å². The molecule has 0 aliphatic heterocycles. The number of Topliss-reactive ketones (excluding diaryl/α,β-unsaturated/α-hetero) is 1. The van der Waals surface area contributed by atoms with Crippen molar-refractivity contribution in [3.63, 3.8) is 0 Å². The Kier molecular flexibility index (Phi) is 8.13. The van der Waals surface area contributed by atoms with Crippen LogP contribution in [0, 0.1) is 0 Å². The zero-order valence-corrected chi connectivity index (χ0v) is 13.5. The van der Waals surface area contributed by atoms with E-state index in [2.05, 4.69) is 27.8 Å². The van der Waals surface area contributed by atoms with E-state index in [1.54, 1.807) is 20.8 Å². The van der Waals surface area contributed by atoms with Gasteiger partial charge in [-0.05, 0) is 20.8 Å². The normalized spacial score (nSPS) is 12.2. The van der Waals surface area contributed by atoms with Gasteiger partial charge in [-0.3, -0.25) is 9.59 Å². The first-order valence-corrected chi connectivity index (χ1v) is 7.16. The summed E-state index contributed by atoms with van der Waals surface area (Å²) in [5.74, 6) is -0.910. The van der Waals surface area contributed by atoms with Crippen molar-refractivity contribution in [1.82, 2.24) is 5.32 Å². The van der Waals surface area contributed by atoms with Gasteiger partial charge in [-0.15, -0.1) is 0 Å². The minimum absolute atomic E-state index is 0.0161. The first-order chi connectivity index (χ1) is 9.19. The first kappa shape index (κ1) is 18.6. The molecule has 0 radical (unpaired) electrons. The van der Waals surface area contributed by atoms with Gasteiger partial charge in [0, 0.05) is 0 Å². The number of alkyl carbamates (subject to hydrolysis) is 1. The Hall–Kier alpha value is -1.37. The van der Waals surface area contributed by atoms with Gasteiger partial charge in [-0.25, -0.2) is 4.79 Å². The summed E-state index contributed by atoms with van der Waals surface area (Å²) < 4.78 is 9.82. The smallest absolute Gasteiger partial charge is 0.408 e. The summed E-state index contributed by atoms with van der Waals surface area (Å²) in [6.45, 7) is 8.58. The number of halogens is 1. The second-order valence-electron chi connectivity index (χ2n) is 4.97. The standard InChI is InChI=1S/C13H20BrNO5/c1-5-6-19-12(18)15-9(10(16)8-14)7-11(17)20-13(2,3)4/h5,9H,1,6-8H2,2-4H3,(H,15,18). The number of esters is 1. The maximum atomic E-state index is 11.7. The molecule has 1 unspecified atom stereocenters. The predicted molar refractivity (Wildman–Crippen MR) is 77.7 cm³/mol. The molecule has 1 atom stereocenters. The third-order valence-electron chi connectivity index (χ3n) is 1.94. The monoisotopic (exact) mass is 349 g/mol. The maximum absolute atomic E-state index is 11.7. The van der Waals surface area contributed by atoms with Gasteiger partial charge in [0.25, 0.3) is 0 Å². The number of ketones is 1. The number of hydrogen-bond donors (Lipinski definition) is 1. The Balaban J connectivity index is 4.57. The van der Waals surface area contributed by atoms with Gasteiger partial charge in [0.05, 0.1) is 11.8 Å². The molecule has 0 saturated heterocycles. The fourth-order valence-corrected chi connectivity index (χ4v) is 1.60. The van der Waals surface area contributed by atoms with Gasteiger partial charge in [-0.1, -0.05) is 28.6 Å². The van der Waals surface area contributed by atoms with Gasteiger partial charge >= 0.3 is 12.1 Å². The number of hydrogen-bond acceptors (Lipinski definition) is 5. The lowest BCUT2D eigenvalue weighted by Gasteiger charge is -2.22. The summed E-state index contributed by atoms with van der Waals surface area (Å²) in [4.78, 5) is 34.8. The average molecular weight is 350 g/mol. The number of amides is 1. The molecule has 0 spiro atoms. The lowest BCUT2D eigenvalue weighted by molar-refractivity contribution is -0.156. The van der Waals surface area contributed by atoms with Gasteiger partial charge in [0.2, 0.25) is 0 Å². The number of ether oxygens (including phenoxy) is 2. The SMILES string of the molecule is C=CCOC(=O)NC(CC(=O)OC(C)(C)C)C(=O)CBr. The highest BCUT2D eigenvalue weighted by Crippen LogP contribution is 2.10. The van der Waals surface area contributed by atoms with Crippen molar-refractivity contribution in [2.75, 3.05) is 11.9 Å². The lowest BCUT2D eigenvalue weighted by Crippen LogP contribution is -2.44. The molecule has 0 heterocycles. The average Bonchev–Trinajstić information content (AvgIpc) is 2.32. The van der Waals surface area contributed by atoms with Crippen LogP contribution in [0.2, 0.25) is 0 Å². The minimum Gasteiger partial charge on any atom is -0.460 e. The molecular formula is C13H20BrNO5. The summed E-state index contributed by atoms with van der Waals surface area (Å²) in [6.07, 6.45) is 0.368. The molecular weight excluding hydrogens is 330 g/mol. The zero-order valence-electron chi connectivity index (χ0n) is 11.9. The molecule has 7 heteroatoms. The van der Waals surface area contributed by atoms with E-state index in [4.69, 9.17) is 9.47 Å². The van der Waals surface area contributed by atoms with Crippen LogP contribution in [0.15, 0.2) is 12.7 Å². The van der Waals surface area contributed by atoms with Crippen molar-refractivity contribution in [1.29, 1.82) is 0 Å². The van der Waals surface area contributed by atoms with E-state index in [1.807, 2.05) is 0 Å². The van der Waals surface area contributed by atoms with Crippen molar-refractivity contribution in [2.24, 2.45) is 0 Å². The first-order valence-electron chi connectivity index (χ1n) is 6.04. The van der Waals surface area contributed by atoms with E-state index >= 15 is 0 Å². The number of carbonyl (C=O) groups is 3. The number of carbonyl (C=O) groups excluding carboxylic acids is 3. The highest BCUT2D eigenvalue weighted by molar-refractivity contribution is 9.09. The molecule has 6 nitrogen and oxygen atoms in total. The van der Waals surface area contributed by atoms with Gasteiger partial charge in [0.1, 0.15) is 18.2 Å². The van der Waals surface area contributed by atoms with Gasteiger partial charge < -0.3 is 14.8 Å². The summed E-state index contributed by atoms with van der Waals surface area (Å²) in [7, 11) is 0. The van der Waals surface area contributed by atoms with Crippen LogP contribution in [-0.4, -0.2) is 41.4 Å². The van der Waals surface area contributed by atoms with Crippen molar-refractivity contribution in [3.05, 3.63) is 12.7 Å². The molecule has 0 aliphatic carbocycles. The zero-order chi connectivity index (χ0) is 15.8. The lowest BCUT2D eigenvalue weighted by atomic mass is 10.1. The van der Waals surface area contributed by atoms with Crippen LogP contribution in [0.25, 0.3) is 0 Å². The Morgan fingerprint density at radius 2 is 1.95 bits per heavy atom. The van der Waals surface area contributed by atoms with Gasteiger partial charge in [0.15, 0.2) is 5.78 Å². The molecule has 0 bridgehead atoms. The molecule has 1 amide bonds. The predicted octanol–water partition coefficient (Wildman–Crippen LogP) is 1.96. The van der Waals surface area contributed by atoms with Gasteiger partial charge in [-0.2, -0.15) is 0 Å². The van der Waals surface area contributed by atoms with Crippen molar-refractivity contribution in [2.45, 2.75) is 38.8 Å². The van der Waals surface area contributed by atoms with E-state index < -0.39 is 23.7 Å². The molecule has 0 aromatic carbocycles. The fraction of sp³-hybridized carbons (Fsp3) is 0.615. The highest BCUT2D eigenvalue weighted by atomic mass is 79.9. The van der Waals surface area contributed by atoms with Crippen LogP contribution in [0.3, 0.4) is 0 Å². The van der Waals surface area contributed by atoms with Crippen LogP contribution in [0.5, 0.6) is 0 Å². The summed E-state index contributed by atoms with van der Waals surface area (Å²) in [6, 6.07) is -0.985. The van der Waals surface area contributed by atoms with E-state index in [1.165, 1.54) is 6.08 Å². The van der Waals surface area contributed by atoms with Crippen LogP contribution in [-0.2, 0) is 19.1 Å². The molecule has 20 heavy (non-hydrogen) atoms. The third kappa shape index (κ3) is 8.68. The number of rotatable bonds is 7. The van der Waals surface area contributed by atoms with E-state index in [-0.39, 0.29) is 24.1 Å². The summed E-state index contributed by atoms with van der Waals surface area (Å²) >= 11 is 3.00. The molecule has 1 N–H and O–H groups in total. The number of alkyl halides is 1. The second-order valence-corrected chi connectivity index (χ2v) is 5.54. The maximum Gasteiger partial charge on any atom is 0.408 e. The molecule has 0 aromatic rings. The summed E-state index contributed by atoms with van der Waals surface area (Å²) in [5.41, 5.74) is -0.650. The topological polar surface area (TPSA) is 81.7 Å². The quantitative estimate of drug-likeness (QED) is 0.431. The Bertz CT molecular complexity index is 375. The Morgan fingerprint density at radius 3 is 2.40 bits per heavy atom. The largest absolute Gasteiger partial charge is 0.460 e. The highest BCUT2D eigenvalue weighted by Gasteiger charge is 2.26. The van der Waals surface area contributed by atoms with E-state index in [0.717, 1.165) is 0 Å². The molecule has 0 aromatic heterocycles. The molecule has 114 valence electrons. The van der Waals surface area contributed by atoms with E-state index in [0.29, 0.717) is 0 Å².